The first kappa shape index (κ1) is 15.0. The number of hydrogen-bond acceptors (Lipinski definition) is 4. The van der Waals surface area contributed by atoms with Crippen LogP contribution in [-0.2, 0) is 26.3 Å². The Bertz CT molecular complexity index is 794. The van der Waals surface area contributed by atoms with Gasteiger partial charge in [0.2, 0.25) is 11.7 Å². The molecule has 1 unspecified atom stereocenters. The van der Waals surface area contributed by atoms with Crippen molar-refractivity contribution in [1.82, 2.24) is 4.57 Å². The van der Waals surface area contributed by atoms with Crippen LogP contribution in [0.4, 0.5) is 0 Å². The largest absolute Gasteiger partial charge is 0.468 e. The van der Waals surface area contributed by atoms with Crippen molar-refractivity contribution in [2.75, 3.05) is 7.11 Å². The van der Waals surface area contributed by atoms with Gasteiger partial charge < -0.3 is 15.0 Å². The van der Waals surface area contributed by atoms with E-state index in [0.717, 1.165) is 0 Å². The lowest BCUT2D eigenvalue weighted by Crippen LogP contribution is -2.47. The second kappa shape index (κ2) is 5.39. The number of ether oxygens (including phenoxy) is 1. The Balaban J connectivity index is 2.08. The maximum atomic E-state index is 12.6. The maximum Gasteiger partial charge on any atom is 0.327 e. The predicted octanol–water partition coefficient (Wildman–Crippen LogP) is 1.02. The average Bonchev–Trinajstić information content (AvgIpc) is 3.14. The second-order valence-electron chi connectivity index (χ2n) is 5.46. The number of methoxy groups -OCH3 is 1. The summed E-state index contributed by atoms with van der Waals surface area (Å²) >= 11 is 0. The average molecular weight is 312 g/mol. The van der Waals surface area contributed by atoms with E-state index in [4.69, 9.17) is 10.5 Å². The highest BCUT2D eigenvalue weighted by molar-refractivity contribution is 6.11. The molecule has 0 saturated carbocycles. The zero-order valence-electron chi connectivity index (χ0n) is 12.6. The number of hydrogen-bond donors (Lipinski definition) is 1. The number of primary amides is 1. The lowest BCUT2D eigenvalue weighted by molar-refractivity contribution is -0.151. The minimum atomic E-state index is -1.52. The molecule has 1 aliphatic rings. The number of ketones is 1. The number of amides is 1. The van der Waals surface area contributed by atoms with Gasteiger partial charge in [0.1, 0.15) is 0 Å². The first-order valence-corrected chi connectivity index (χ1v) is 7.20. The minimum Gasteiger partial charge on any atom is -0.468 e. The van der Waals surface area contributed by atoms with Crippen LogP contribution in [0.1, 0.15) is 28.2 Å². The third kappa shape index (κ3) is 2.06. The van der Waals surface area contributed by atoms with Gasteiger partial charge in [-0.2, -0.15) is 0 Å². The first-order valence-electron chi connectivity index (χ1n) is 7.20. The molecule has 6 nitrogen and oxygen atoms in total. The third-order valence-electron chi connectivity index (χ3n) is 4.35. The maximum absolute atomic E-state index is 12.6. The number of esters is 1. The summed E-state index contributed by atoms with van der Waals surface area (Å²) in [6.45, 7) is 0.355. The summed E-state index contributed by atoms with van der Waals surface area (Å²) in [5.74, 6) is -1.62. The van der Waals surface area contributed by atoms with Gasteiger partial charge >= 0.3 is 5.97 Å². The number of rotatable bonds is 4. The summed E-state index contributed by atoms with van der Waals surface area (Å²) in [7, 11) is 1.22. The molecule has 0 aliphatic carbocycles. The van der Waals surface area contributed by atoms with E-state index in [9.17, 15) is 14.4 Å². The molecular weight excluding hydrogens is 296 g/mol. The molecule has 1 aromatic carbocycles. The molecule has 0 radical (unpaired) electrons. The van der Waals surface area contributed by atoms with Crippen LogP contribution in [0, 0.1) is 0 Å². The molecule has 1 aliphatic heterocycles. The number of carbonyl (C=O) groups is 3. The van der Waals surface area contributed by atoms with Crippen molar-refractivity contribution in [3.63, 3.8) is 0 Å². The van der Waals surface area contributed by atoms with Crippen LogP contribution < -0.4 is 5.73 Å². The molecule has 1 atom stereocenters. The molecule has 1 amide bonds. The van der Waals surface area contributed by atoms with Crippen LogP contribution in [0.25, 0.3) is 0 Å². The van der Waals surface area contributed by atoms with Crippen molar-refractivity contribution < 1.29 is 19.1 Å². The SMILES string of the molecule is COC(=O)C1(C(N)=O)CCn2c(C(=O)c3ccccc3)ccc21. The summed E-state index contributed by atoms with van der Waals surface area (Å²) in [6.07, 6.45) is 0.195. The van der Waals surface area contributed by atoms with Gasteiger partial charge in [-0.25, -0.2) is 0 Å². The van der Waals surface area contributed by atoms with E-state index < -0.39 is 17.3 Å². The number of nitrogens with zero attached hydrogens (tertiary/aromatic N) is 1. The normalized spacial score (nSPS) is 19.2. The van der Waals surface area contributed by atoms with Crippen LogP contribution in [-0.4, -0.2) is 29.3 Å². The molecule has 0 saturated heterocycles. The molecule has 3 rings (SSSR count). The summed E-state index contributed by atoms with van der Waals surface area (Å²) in [4.78, 5) is 36.8. The lowest BCUT2D eigenvalue weighted by atomic mass is 9.82. The molecular formula is C17H16N2O4. The molecule has 1 aromatic heterocycles. The van der Waals surface area contributed by atoms with E-state index in [2.05, 4.69) is 0 Å². The van der Waals surface area contributed by atoms with E-state index in [1.54, 1.807) is 41.0 Å². The number of fused-ring (bicyclic) bond motifs is 1. The molecule has 2 aromatic rings. The van der Waals surface area contributed by atoms with Crippen molar-refractivity contribution in [1.29, 1.82) is 0 Å². The van der Waals surface area contributed by atoms with Crippen molar-refractivity contribution in [2.24, 2.45) is 5.73 Å². The van der Waals surface area contributed by atoms with Gasteiger partial charge in [0.15, 0.2) is 5.41 Å². The molecule has 118 valence electrons. The van der Waals surface area contributed by atoms with Crippen molar-refractivity contribution in [3.05, 3.63) is 59.4 Å². The summed E-state index contributed by atoms with van der Waals surface area (Å²) in [5.41, 5.74) is 5.35. The Morgan fingerprint density at radius 2 is 1.83 bits per heavy atom. The Morgan fingerprint density at radius 3 is 2.43 bits per heavy atom. The highest BCUT2D eigenvalue weighted by Crippen LogP contribution is 2.38. The smallest absolute Gasteiger partial charge is 0.327 e. The van der Waals surface area contributed by atoms with Gasteiger partial charge in [0.25, 0.3) is 0 Å². The Morgan fingerprint density at radius 1 is 1.13 bits per heavy atom. The van der Waals surface area contributed by atoms with Crippen LogP contribution >= 0.6 is 0 Å². The Labute approximate surface area is 132 Å². The fourth-order valence-electron chi connectivity index (χ4n) is 3.16. The standard InChI is InChI=1S/C17H16N2O4/c1-23-16(22)17(15(18)21)9-10-19-12(7-8-13(17)19)14(20)11-5-3-2-4-6-11/h2-8H,9-10H2,1H3,(H2,18,21). The lowest BCUT2D eigenvalue weighted by Gasteiger charge is -2.21. The highest BCUT2D eigenvalue weighted by atomic mass is 16.5. The predicted molar refractivity (Wildman–Crippen MR) is 81.8 cm³/mol. The van der Waals surface area contributed by atoms with Crippen LogP contribution in [0.15, 0.2) is 42.5 Å². The number of nitrogens with two attached hydrogens (primary N) is 1. The van der Waals surface area contributed by atoms with Gasteiger partial charge in [0, 0.05) is 17.8 Å². The van der Waals surface area contributed by atoms with E-state index in [1.165, 1.54) is 7.11 Å². The van der Waals surface area contributed by atoms with Crippen molar-refractivity contribution >= 4 is 17.7 Å². The van der Waals surface area contributed by atoms with Crippen LogP contribution in [0.2, 0.25) is 0 Å². The zero-order valence-corrected chi connectivity index (χ0v) is 12.6. The van der Waals surface area contributed by atoms with Crippen LogP contribution in [0.3, 0.4) is 0 Å². The second-order valence-corrected chi connectivity index (χ2v) is 5.46. The summed E-state index contributed by atoms with van der Waals surface area (Å²) in [6, 6.07) is 12.0. The van der Waals surface area contributed by atoms with E-state index in [-0.39, 0.29) is 12.2 Å². The highest BCUT2D eigenvalue weighted by Gasteiger charge is 2.53. The zero-order chi connectivity index (χ0) is 16.6. The van der Waals surface area contributed by atoms with Gasteiger partial charge in [-0.05, 0) is 18.6 Å². The van der Waals surface area contributed by atoms with Gasteiger partial charge in [-0.3, -0.25) is 14.4 Å². The molecule has 0 fully saturated rings. The molecule has 0 bridgehead atoms. The van der Waals surface area contributed by atoms with Crippen LogP contribution in [0.5, 0.6) is 0 Å². The number of carbonyl (C=O) groups excluding carboxylic acids is 3. The number of benzene rings is 1. The first-order chi connectivity index (χ1) is 11.0. The van der Waals surface area contributed by atoms with Crippen molar-refractivity contribution in [2.45, 2.75) is 18.4 Å². The van der Waals surface area contributed by atoms with Gasteiger partial charge in [0.05, 0.1) is 12.8 Å². The van der Waals surface area contributed by atoms with E-state index in [1.807, 2.05) is 6.07 Å². The monoisotopic (exact) mass is 312 g/mol. The van der Waals surface area contributed by atoms with Gasteiger partial charge in [-0.1, -0.05) is 30.3 Å². The summed E-state index contributed by atoms with van der Waals surface area (Å²) < 4.78 is 6.45. The quantitative estimate of drug-likeness (QED) is 0.518. The molecule has 6 heteroatoms. The summed E-state index contributed by atoms with van der Waals surface area (Å²) in [5, 5.41) is 0. The van der Waals surface area contributed by atoms with Crippen molar-refractivity contribution in [3.8, 4) is 0 Å². The Kier molecular flexibility index (Phi) is 3.52. The van der Waals surface area contributed by atoms with Gasteiger partial charge in [-0.15, -0.1) is 0 Å². The third-order valence-corrected chi connectivity index (χ3v) is 4.35. The minimum absolute atomic E-state index is 0.165. The van der Waals surface area contributed by atoms with E-state index >= 15 is 0 Å². The molecule has 0 spiro atoms. The fourth-order valence-corrected chi connectivity index (χ4v) is 3.16. The fraction of sp³-hybridized carbons (Fsp3) is 0.235. The number of aromatic nitrogens is 1. The topological polar surface area (TPSA) is 91.4 Å². The Hall–Kier alpha value is -2.89. The molecule has 2 N–H and O–H groups in total. The molecule has 2 heterocycles. The van der Waals surface area contributed by atoms with E-state index in [0.29, 0.717) is 23.5 Å². The molecule has 23 heavy (non-hydrogen) atoms.